The molecule has 1 aromatic heterocycles. The molecule has 0 bridgehead atoms. The number of carbonyl (C=O) groups excluding carboxylic acids is 1. The van der Waals surface area contributed by atoms with Crippen LogP contribution in [0.15, 0.2) is 66.7 Å². The van der Waals surface area contributed by atoms with Crippen molar-refractivity contribution in [3.63, 3.8) is 0 Å². The minimum absolute atomic E-state index is 0.185. The van der Waals surface area contributed by atoms with Crippen LogP contribution in [0, 0.1) is 0 Å². The first kappa shape index (κ1) is 21.9. The highest BCUT2D eigenvalue weighted by atomic mass is 16.4. The highest BCUT2D eigenvalue weighted by molar-refractivity contribution is 5.96. The second kappa shape index (κ2) is 9.14. The first-order chi connectivity index (χ1) is 16.5. The maximum Gasteiger partial charge on any atom is 0.336 e. The van der Waals surface area contributed by atoms with E-state index >= 15 is 0 Å². The topological polar surface area (TPSA) is 75.4 Å². The summed E-state index contributed by atoms with van der Waals surface area (Å²) < 4.78 is 2.22. The summed E-state index contributed by atoms with van der Waals surface area (Å²) in [5.74, 6) is 0.252. The van der Waals surface area contributed by atoms with E-state index in [0.29, 0.717) is 24.1 Å². The maximum atomic E-state index is 12.4. The summed E-state index contributed by atoms with van der Waals surface area (Å²) in [5, 5.41) is 9.51. The quantitative estimate of drug-likeness (QED) is 0.417. The van der Waals surface area contributed by atoms with Crippen LogP contribution < -0.4 is 4.90 Å². The van der Waals surface area contributed by atoms with E-state index in [1.807, 2.05) is 53.4 Å². The Kier molecular flexibility index (Phi) is 5.88. The van der Waals surface area contributed by atoms with Crippen molar-refractivity contribution in [1.29, 1.82) is 0 Å². The van der Waals surface area contributed by atoms with Crippen molar-refractivity contribution in [3.05, 3.63) is 83.7 Å². The number of nitrogens with zero attached hydrogens (tertiary/aromatic N) is 3. The number of carboxylic acids is 1. The van der Waals surface area contributed by atoms with E-state index in [1.165, 1.54) is 0 Å². The number of piperidine rings is 1. The van der Waals surface area contributed by atoms with E-state index in [9.17, 15) is 14.7 Å². The van der Waals surface area contributed by atoms with Crippen molar-refractivity contribution in [3.8, 4) is 11.1 Å². The smallest absolute Gasteiger partial charge is 0.336 e. The number of aromatic carboxylic acids is 1. The van der Waals surface area contributed by atoms with Gasteiger partial charge in [0, 0.05) is 31.6 Å². The Morgan fingerprint density at radius 2 is 1.82 bits per heavy atom. The lowest BCUT2D eigenvalue weighted by Gasteiger charge is -2.26. The molecule has 6 nitrogen and oxygen atoms in total. The van der Waals surface area contributed by atoms with Gasteiger partial charge in [0.15, 0.2) is 0 Å². The molecule has 3 aromatic carbocycles. The summed E-state index contributed by atoms with van der Waals surface area (Å²) >= 11 is 0. The average Bonchev–Trinajstić information content (AvgIpc) is 3.21. The molecule has 1 aliphatic rings. The molecule has 4 aromatic rings. The van der Waals surface area contributed by atoms with Crippen LogP contribution in [0.2, 0.25) is 0 Å². The lowest BCUT2D eigenvalue weighted by molar-refractivity contribution is -0.119. The van der Waals surface area contributed by atoms with Crippen molar-refractivity contribution in [1.82, 2.24) is 9.55 Å². The lowest BCUT2D eigenvalue weighted by Crippen LogP contribution is -2.35. The van der Waals surface area contributed by atoms with Gasteiger partial charge in [0.2, 0.25) is 5.91 Å². The van der Waals surface area contributed by atoms with E-state index in [2.05, 4.69) is 17.6 Å². The number of fused-ring (bicyclic) bond motifs is 1. The molecule has 34 heavy (non-hydrogen) atoms. The van der Waals surface area contributed by atoms with Crippen LogP contribution in [-0.2, 0) is 17.8 Å². The Labute approximate surface area is 198 Å². The van der Waals surface area contributed by atoms with E-state index in [1.54, 1.807) is 12.1 Å². The molecule has 1 aliphatic heterocycles. The van der Waals surface area contributed by atoms with Gasteiger partial charge in [0.1, 0.15) is 5.82 Å². The van der Waals surface area contributed by atoms with Gasteiger partial charge < -0.3 is 14.6 Å². The van der Waals surface area contributed by atoms with E-state index in [0.717, 1.165) is 59.5 Å². The second-order valence-electron chi connectivity index (χ2n) is 8.69. The number of hydrogen-bond acceptors (Lipinski definition) is 3. The van der Waals surface area contributed by atoms with Gasteiger partial charge in [0.05, 0.1) is 16.6 Å². The fraction of sp³-hybridized carbons (Fsp3) is 0.250. The normalized spacial score (nSPS) is 14.0. The SMILES string of the molecule is CCc1nc2ccc(N3CCCCC3=O)cc2n1Cc1ccc(-c2ccccc2C(=O)O)cc1. The van der Waals surface area contributed by atoms with Crippen LogP contribution in [0.3, 0.4) is 0 Å². The molecule has 6 heteroatoms. The van der Waals surface area contributed by atoms with E-state index < -0.39 is 5.97 Å². The minimum Gasteiger partial charge on any atom is -0.478 e. The number of imidazole rings is 1. The standard InChI is InChI=1S/C28H27N3O3/c1-2-26-29-24-15-14-21(30-16-6-5-9-27(30)32)17-25(24)31(26)18-19-10-12-20(13-11-19)22-7-3-4-8-23(22)28(33)34/h3-4,7-8,10-15,17H,2,5-6,9,16,18H2,1H3,(H,33,34). The summed E-state index contributed by atoms with van der Waals surface area (Å²) in [5.41, 5.74) is 5.86. The fourth-order valence-electron chi connectivity index (χ4n) is 4.75. The molecule has 1 saturated heterocycles. The maximum absolute atomic E-state index is 12.4. The summed E-state index contributed by atoms with van der Waals surface area (Å²) in [7, 11) is 0. The van der Waals surface area contributed by atoms with Crippen molar-refractivity contribution in [2.45, 2.75) is 39.2 Å². The number of aromatic nitrogens is 2. The van der Waals surface area contributed by atoms with Gasteiger partial charge in [-0.15, -0.1) is 0 Å². The van der Waals surface area contributed by atoms with Gasteiger partial charge in [0.25, 0.3) is 0 Å². The van der Waals surface area contributed by atoms with Gasteiger partial charge in [-0.3, -0.25) is 4.79 Å². The van der Waals surface area contributed by atoms with Gasteiger partial charge in [-0.1, -0.05) is 49.4 Å². The predicted molar refractivity (Wildman–Crippen MR) is 133 cm³/mol. The zero-order valence-electron chi connectivity index (χ0n) is 19.2. The van der Waals surface area contributed by atoms with Gasteiger partial charge in [-0.2, -0.15) is 0 Å². The first-order valence-electron chi connectivity index (χ1n) is 11.8. The van der Waals surface area contributed by atoms with Crippen molar-refractivity contribution in [2.24, 2.45) is 0 Å². The zero-order chi connectivity index (χ0) is 23.7. The van der Waals surface area contributed by atoms with Gasteiger partial charge >= 0.3 is 5.97 Å². The number of benzene rings is 3. The first-order valence-corrected chi connectivity index (χ1v) is 11.8. The Morgan fingerprint density at radius 3 is 2.56 bits per heavy atom. The second-order valence-corrected chi connectivity index (χ2v) is 8.69. The van der Waals surface area contributed by atoms with Crippen LogP contribution in [0.25, 0.3) is 22.2 Å². The predicted octanol–water partition coefficient (Wildman–Crippen LogP) is 5.53. The molecule has 0 saturated carbocycles. The Bertz CT molecular complexity index is 1370. The van der Waals surface area contributed by atoms with Crippen LogP contribution in [0.5, 0.6) is 0 Å². The van der Waals surface area contributed by atoms with Crippen molar-refractivity contribution < 1.29 is 14.7 Å². The average molecular weight is 454 g/mol. The summed E-state index contributed by atoms with van der Waals surface area (Å²) in [6.07, 6.45) is 3.40. The van der Waals surface area contributed by atoms with E-state index in [-0.39, 0.29) is 5.91 Å². The van der Waals surface area contributed by atoms with Crippen LogP contribution in [-0.4, -0.2) is 33.1 Å². The molecule has 0 aliphatic carbocycles. The third-order valence-electron chi connectivity index (χ3n) is 6.53. The monoisotopic (exact) mass is 453 g/mol. The number of carboxylic acid groups (broad SMARTS) is 1. The summed E-state index contributed by atoms with van der Waals surface area (Å²) in [4.78, 5) is 30.8. The molecule has 5 rings (SSSR count). The molecular weight excluding hydrogens is 426 g/mol. The number of anilines is 1. The van der Waals surface area contributed by atoms with E-state index in [4.69, 9.17) is 4.98 Å². The zero-order valence-corrected chi connectivity index (χ0v) is 19.2. The molecule has 1 N–H and O–H groups in total. The lowest BCUT2D eigenvalue weighted by atomic mass is 9.99. The van der Waals surface area contributed by atoms with Crippen LogP contribution >= 0.6 is 0 Å². The molecule has 0 spiro atoms. The molecule has 0 radical (unpaired) electrons. The molecule has 172 valence electrons. The summed E-state index contributed by atoms with van der Waals surface area (Å²) in [6, 6.07) is 21.2. The molecule has 2 heterocycles. The molecule has 0 unspecified atom stereocenters. The summed E-state index contributed by atoms with van der Waals surface area (Å²) in [6.45, 7) is 3.51. The highest BCUT2D eigenvalue weighted by Gasteiger charge is 2.21. The Balaban J connectivity index is 1.48. The molecule has 0 atom stereocenters. The number of hydrogen-bond donors (Lipinski definition) is 1. The highest BCUT2D eigenvalue weighted by Crippen LogP contribution is 2.28. The molecular formula is C28H27N3O3. The third-order valence-corrected chi connectivity index (χ3v) is 6.53. The molecule has 1 amide bonds. The van der Waals surface area contributed by atoms with Gasteiger partial charge in [-0.25, -0.2) is 9.78 Å². The number of carbonyl (C=O) groups is 2. The van der Waals surface area contributed by atoms with Gasteiger partial charge in [-0.05, 0) is 53.8 Å². The van der Waals surface area contributed by atoms with Crippen molar-refractivity contribution in [2.75, 3.05) is 11.4 Å². The number of rotatable bonds is 6. The molecule has 1 fully saturated rings. The largest absolute Gasteiger partial charge is 0.478 e. The van der Waals surface area contributed by atoms with Crippen LogP contribution in [0.4, 0.5) is 5.69 Å². The minimum atomic E-state index is -0.930. The fourth-order valence-corrected chi connectivity index (χ4v) is 4.75. The Hall–Kier alpha value is -3.93. The Morgan fingerprint density at radius 1 is 1.03 bits per heavy atom. The van der Waals surface area contributed by atoms with Crippen molar-refractivity contribution >= 4 is 28.6 Å². The number of aryl methyl sites for hydroxylation is 1. The third kappa shape index (κ3) is 4.07. The van der Waals surface area contributed by atoms with Crippen LogP contribution in [0.1, 0.15) is 47.9 Å². The number of amides is 1.